The van der Waals surface area contributed by atoms with Crippen molar-refractivity contribution in [1.82, 2.24) is 0 Å². The third-order valence-corrected chi connectivity index (χ3v) is 5.75. The van der Waals surface area contributed by atoms with Gasteiger partial charge in [0, 0.05) is 12.0 Å². The Kier molecular flexibility index (Phi) is 5.48. The monoisotopic (exact) mass is 384 g/mol. The number of fused-ring (bicyclic) bond motifs is 1. The van der Waals surface area contributed by atoms with Crippen LogP contribution in [0.5, 0.6) is 5.75 Å². The molecule has 4 rings (SSSR count). The van der Waals surface area contributed by atoms with Crippen molar-refractivity contribution in [2.75, 3.05) is 7.11 Å². The topological polar surface area (TPSA) is 46.5 Å². The Morgan fingerprint density at radius 3 is 2.45 bits per heavy atom. The molecule has 3 heteroatoms. The molecular formula is C26H24O3. The standard InChI is InChI=1S/C26H24O3/c1-29-22-13-15-24-21(17-22)12-14-23(19-5-3-2-4-6-19)26(24)20-10-7-18(8-11-20)9-16-25(27)28/h2-11,13,15-17,23,26H,12,14H2,1H3,(H,27,28). The number of aryl methyl sites for hydroxylation is 1. The van der Waals surface area contributed by atoms with Crippen LogP contribution >= 0.6 is 0 Å². The maximum atomic E-state index is 10.8. The molecule has 3 aromatic rings. The SMILES string of the molecule is COc1ccc2c(c1)CCC(c1ccccc1)C2c1ccc(C=CC(=O)O)cc1. The van der Waals surface area contributed by atoms with Gasteiger partial charge in [-0.3, -0.25) is 0 Å². The highest BCUT2D eigenvalue weighted by Gasteiger charge is 2.32. The van der Waals surface area contributed by atoms with Crippen LogP contribution in [0.2, 0.25) is 0 Å². The van der Waals surface area contributed by atoms with E-state index in [-0.39, 0.29) is 5.92 Å². The van der Waals surface area contributed by atoms with Crippen LogP contribution in [0.15, 0.2) is 78.9 Å². The fraction of sp³-hybridized carbons (Fsp3) is 0.192. The Morgan fingerprint density at radius 2 is 1.76 bits per heavy atom. The molecule has 2 unspecified atom stereocenters. The maximum Gasteiger partial charge on any atom is 0.328 e. The van der Waals surface area contributed by atoms with Crippen molar-refractivity contribution >= 4 is 12.0 Å². The third kappa shape index (κ3) is 4.09. The number of ether oxygens (including phenoxy) is 1. The van der Waals surface area contributed by atoms with E-state index in [0.717, 1.165) is 24.2 Å². The van der Waals surface area contributed by atoms with Crippen LogP contribution in [-0.4, -0.2) is 18.2 Å². The molecule has 0 heterocycles. The molecular weight excluding hydrogens is 360 g/mol. The summed E-state index contributed by atoms with van der Waals surface area (Å²) in [4.78, 5) is 10.8. The molecule has 0 radical (unpaired) electrons. The number of carbonyl (C=O) groups is 1. The second kappa shape index (κ2) is 8.36. The number of hydrogen-bond acceptors (Lipinski definition) is 2. The highest BCUT2D eigenvalue weighted by Crippen LogP contribution is 2.46. The summed E-state index contributed by atoms with van der Waals surface area (Å²) in [5.41, 5.74) is 6.18. The largest absolute Gasteiger partial charge is 0.497 e. The molecule has 0 aliphatic heterocycles. The number of benzene rings is 3. The quantitative estimate of drug-likeness (QED) is 0.578. The van der Waals surface area contributed by atoms with Crippen molar-refractivity contribution in [1.29, 1.82) is 0 Å². The van der Waals surface area contributed by atoms with Crippen molar-refractivity contribution in [2.24, 2.45) is 0 Å². The second-order valence-electron chi connectivity index (χ2n) is 7.44. The van der Waals surface area contributed by atoms with Gasteiger partial charge in [0.2, 0.25) is 0 Å². The van der Waals surface area contributed by atoms with Gasteiger partial charge in [-0.2, -0.15) is 0 Å². The van der Waals surface area contributed by atoms with Gasteiger partial charge in [-0.15, -0.1) is 0 Å². The van der Waals surface area contributed by atoms with Gasteiger partial charge in [-0.05, 0) is 64.8 Å². The molecule has 0 fully saturated rings. The van der Waals surface area contributed by atoms with Crippen LogP contribution < -0.4 is 4.74 Å². The zero-order chi connectivity index (χ0) is 20.2. The van der Waals surface area contributed by atoms with Gasteiger partial charge >= 0.3 is 5.97 Å². The zero-order valence-corrected chi connectivity index (χ0v) is 16.4. The van der Waals surface area contributed by atoms with Crippen molar-refractivity contribution in [3.63, 3.8) is 0 Å². The van der Waals surface area contributed by atoms with E-state index >= 15 is 0 Å². The fourth-order valence-corrected chi connectivity index (χ4v) is 4.38. The van der Waals surface area contributed by atoms with Gasteiger partial charge in [0.1, 0.15) is 5.75 Å². The van der Waals surface area contributed by atoms with Gasteiger partial charge in [-0.25, -0.2) is 4.79 Å². The number of methoxy groups -OCH3 is 1. The van der Waals surface area contributed by atoms with Crippen molar-refractivity contribution in [3.05, 3.63) is 107 Å². The first kappa shape index (κ1) is 19.0. The molecule has 0 amide bonds. The Morgan fingerprint density at radius 1 is 1.00 bits per heavy atom. The summed E-state index contributed by atoms with van der Waals surface area (Å²) in [7, 11) is 1.71. The molecule has 0 saturated heterocycles. The van der Waals surface area contributed by atoms with E-state index < -0.39 is 5.97 Å². The predicted molar refractivity (Wildman–Crippen MR) is 115 cm³/mol. The van der Waals surface area contributed by atoms with Crippen molar-refractivity contribution in [3.8, 4) is 5.75 Å². The molecule has 29 heavy (non-hydrogen) atoms. The fourth-order valence-electron chi connectivity index (χ4n) is 4.38. The van der Waals surface area contributed by atoms with E-state index in [0.29, 0.717) is 5.92 Å². The Hall–Kier alpha value is -3.33. The molecule has 0 bridgehead atoms. The molecule has 1 aliphatic rings. The molecule has 0 spiro atoms. The predicted octanol–water partition coefficient (Wildman–Crippen LogP) is 5.65. The van der Waals surface area contributed by atoms with E-state index in [4.69, 9.17) is 9.84 Å². The lowest BCUT2D eigenvalue weighted by atomic mass is 9.69. The molecule has 2 atom stereocenters. The number of hydrogen-bond donors (Lipinski definition) is 1. The Balaban J connectivity index is 1.76. The summed E-state index contributed by atoms with van der Waals surface area (Å²) < 4.78 is 5.44. The average molecular weight is 384 g/mol. The van der Waals surface area contributed by atoms with E-state index in [1.807, 2.05) is 18.2 Å². The van der Waals surface area contributed by atoms with Gasteiger partial charge in [-0.1, -0.05) is 60.7 Å². The smallest absolute Gasteiger partial charge is 0.328 e. The lowest BCUT2D eigenvalue weighted by molar-refractivity contribution is -0.131. The van der Waals surface area contributed by atoms with Gasteiger partial charge in [0.05, 0.1) is 7.11 Å². The number of aliphatic carboxylic acids is 1. The third-order valence-electron chi connectivity index (χ3n) is 5.75. The highest BCUT2D eigenvalue weighted by molar-refractivity contribution is 5.85. The molecule has 3 nitrogen and oxygen atoms in total. The number of rotatable bonds is 5. The molecule has 3 aromatic carbocycles. The first-order valence-corrected chi connectivity index (χ1v) is 9.88. The second-order valence-corrected chi connectivity index (χ2v) is 7.44. The lowest BCUT2D eigenvalue weighted by Crippen LogP contribution is -2.20. The van der Waals surface area contributed by atoms with Crippen molar-refractivity contribution < 1.29 is 14.6 Å². The minimum Gasteiger partial charge on any atom is -0.497 e. The van der Waals surface area contributed by atoms with E-state index in [9.17, 15) is 4.79 Å². The summed E-state index contributed by atoms with van der Waals surface area (Å²) >= 11 is 0. The van der Waals surface area contributed by atoms with Crippen LogP contribution in [0.3, 0.4) is 0 Å². The molecule has 146 valence electrons. The highest BCUT2D eigenvalue weighted by atomic mass is 16.5. The summed E-state index contributed by atoms with van der Waals surface area (Å²) in [5, 5.41) is 8.85. The average Bonchev–Trinajstić information content (AvgIpc) is 2.77. The van der Waals surface area contributed by atoms with E-state index in [1.54, 1.807) is 13.2 Å². The Bertz CT molecular complexity index is 1020. The number of carboxylic acids is 1. The van der Waals surface area contributed by atoms with Crippen molar-refractivity contribution in [2.45, 2.75) is 24.7 Å². The summed E-state index contributed by atoms with van der Waals surface area (Å²) in [6.07, 6.45) is 4.90. The van der Waals surface area contributed by atoms with Crippen LogP contribution in [0.1, 0.15) is 46.1 Å². The first-order chi connectivity index (χ1) is 14.2. The molecule has 1 aliphatic carbocycles. The first-order valence-electron chi connectivity index (χ1n) is 9.88. The molecule has 0 saturated carbocycles. The minimum atomic E-state index is -0.937. The van der Waals surface area contributed by atoms with Crippen LogP contribution in [0.25, 0.3) is 6.08 Å². The van der Waals surface area contributed by atoms with Gasteiger partial charge in [0.25, 0.3) is 0 Å². The zero-order valence-electron chi connectivity index (χ0n) is 16.4. The number of carboxylic acid groups (broad SMARTS) is 1. The minimum absolute atomic E-state index is 0.254. The van der Waals surface area contributed by atoms with Crippen LogP contribution in [0, 0.1) is 0 Å². The molecule has 0 aromatic heterocycles. The summed E-state index contributed by atoms with van der Waals surface area (Å²) in [5.74, 6) is 0.616. The van der Waals surface area contributed by atoms with Crippen LogP contribution in [-0.2, 0) is 11.2 Å². The Labute approximate surface area is 171 Å². The maximum absolute atomic E-state index is 10.8. The van der Waals surface area contributed by atoms with Gasteiger partial charge < -0.3 is 9.84 Å². The lowest BCUT2D eigenvalue weighted by Gasteiger charge is -2.35. The molecule has 1 N–H and O–H groups in total. The summed E-state index contributed by atoms with van der Waals surface area (Å²) in [6, 6.07) is 25.4. The van der Waals surface area contributed by atoms with E-state index in [1.165, 1.54) is 28.3 Å². The normalized spacial score (nSPS) is 18.4. The van der Waals surface area contributed by atoms with Gasteiger partial charge in [0.15, 0.2) is 0 Å². The summed E-state index contributed by atoms with van der Waals surface area (Å²) in [6.45, 7) is 0. The van der Waals surface area contributed by atoms with Crippen LogP contribution in [0.4, 0.5) is 0 Å². The van der Waals surface area contributed by atoms with E-state index in [2.05, 4.69) is 54.6 Å².